The molecule has 0 radical (unpaired) electrons. The smallest absolute Gasteiger partial charge is 0.271 e. The number of hydrogen-bond donors (Lipinski definition) is 0. The Balaban J connectivity index is 2.22. The van der Waals surface area contributed by atoms with Gasteiger partial charge in [0.1, 0.15) is 18.0 Å². The fourth-order valence-electron chi connectivity index (χ4n) is 1.53. The molecule has 0 aliphatic carbocycles. The van der Waals surface area contributed by atoms with Crippen LogP contribution in [0, 0.1) is 10.1 Å². The normalized spacial score (nSPS) is 12.5. The van der Waals surface area contributed by atoms with E-state index in [0.717, 1.165) is 0 Å². The number of aromatic nitrogens is 4. The van der Waals surface area contributed by atoms with Crippen molar-refractivity contribution in [3.63, 3.8) is 0 Å². The summed E-state index contributed by atoms with van der Waals surface area (Å²) < 4.78 is 6.79. The van der Waals surface area contributed by atoms with Gasteiger partial charge in [-0.15, -0.1) is 5.10 Å². The Morgan fingerprint density at radius 3 is 3.19 bits per heavy atom. The molecule has 0 bridgehead atoms. The van der Waals surface area contributed by atoms with Crippen molar-refractivity contribution in [2.45, 2.75) is 6.61 Å². The zero-order chi connectivity index (χ0) is 11.1. The zero-order valence-corrected chi connectivity index (χ0v) is 7.90. The first-order chi connectivity index (χ1) is 7.75. The second kappa shape index (κ2) is 2.99. The van der Waals surface area contributed by atoms with Gasteiger partial charge in [0.2, 0.25) is 0 Å². The average molecular weight is 219 g/mol. The Labute approximate surface area is 88.6 Å². The molecule has 0 N–H and O–H groups in total. The van der Waals surface area contributed by atoms with Crippen LogP contribution >= 0.6 is 0 Å². The van der Waals surface area contributed by atoms with Gasteiger partial charge in [0.25, 0.3) is 5.69 Å². The molecule has 0 atom stereocenters. The van der Waals surface area contributed by atoms with E-state index in [1.54, 1.807) is 0 Å². The minimum Gasteiger partial charge on any atom is -0.483 e. The molecule has 0 spiro atoms. The van der Waals surface area contributed by atoms with Gasteiger partial charge in [-0.25, -0.2) is 0 Å². The van der Waals surface area contributed by atoms with Crippen LogP contribution in [-0.4, -0.2) is 25.1 Å². The Morgan fingerprint density at radius 2 is 2.38 bits per heavy atom. The number of nitro groups is 1. The fourth-order valence-corrected chi connectivity index (χ4v) is 1.53. The lowest BCUT2D eigenvalue weighted by Gasteiger charge is -2.16. The van der Waals surface area contributed by atoms with E-state index in [4.69, 9.17) is 4.74 Å². The third-order valence-corrected chi connectivity index (χ3v) is 2.27. The molecule has 1 aliphatic rings. The van der Waals surface area contributed by atoms with Gasteiger partial charge < -0.3 is 4.74 Å². The van der Waals surface area contributed by atoms with Crippen molar-refractivity contribution >= 4 is 5.69 Å². The highest BCUT2D eigenvalue weighted by Gasteiger charge is 2.22. The summed E-state index contributed by atoms with van der Waals surface area (Å²) in [7, 11) is 0. The number of nitro benzene ring substituents is 1. The van der Waals surface area contributed by atoms with E-state index < -0.39 is 4.92 Å². The van der Waals surface area contributed by atoms with Crippen molar-refractivity contribution in [1.29, 1.82) is 0 Å². The van der Waals surface area contributed by atoms with Crippen molar-refractivity contribution in [1.82, 2.24) is 20.2 Å². The number of rotatable bonds is 1. The highest BCUT2D eigenvalue weighted by atomic mass is 16.6. The molecule has 3 rings (SSSR count). The Hall–Kier alpha value is -2.51. The molecule has 1 aliphatic heterocycles. The third kappa shape index (κ3) is 1.13. The van der Waals surface area contributed by atoms with Crippen LogP contribution in [0.25, 0.3) is 5.69 Å². The predicted octanol–water partition coefficient (Wildman–Crippen LogP) is 0.463. The predicted molar refractivity (Wildman–Crippen MR) is 50.1 cm³/mol. The van der Waals surface area contributed by atoms with Crippen molar-refractivity contribution in [2.24, 2.45) is 0 Å². The maximum absolute atomic E-state index is 10.6. The molecule has 0 unspecified atom stereocenters. The Bertz CT molecular complexity index is 579. The first-order valence-corrected chi connectivity index (χ1v) is 4.44. The summed E-state index contributed by atoms with van der Waals surface area (Å²) >= 11 is 0. The van der Waals surface area contributed by atoms with Crippen LogP contribution in [-0.2, 0) is 6.61 Å². The van der Waals surface area contributed by atoms with E-state index in [9.17, 15) is 10.1 Å². The van der Waals surface area contributed by atoms with Gasteiger partial charge in [-0.1, -0.05) is 0 Å². The maximum atomic E-state index is 10.6. The number of benzene rings is 1. The molecule has 80 valence electrons. The highest BCUT2D eigenvalue weighted by molar-refractivity contribution is 5.54. The standard InChI is InChI=1S/C8H5N5O3/c14-13(15)5-1-2-7-6(3-5)12-8(4-16-7)9-10-11-12/h1-3H,4H2. The summed E-state index contributed by atoms with van der Waals surface area (Å²) in [4.78, 5) is 10.2. The van der Waals surface area contributed by atoms with E-state index in [1.807, 2.05) is 0 Å². The molecule has 2 aromatic rings. The number of fused-ring (bicyclic) bond motifs is 3. The molecule has 8 heteroatoms. The maximum Gasteiger partial charge on any atom is 0.271 e. The molecule has 0 fully saturated rings. The number of ether oxygens (including phenoxy) is 1. The number of hydrogen-bond acceptors (Lipinski definition) is 6. The topological polar surface area (TPSA) is 96.0 Å². The van der Waals surface area contributed by atoms with E-state index in [1.165, 1.54) is 22.9 Å². The molecule has 8 nitrogen and oxygen atoms in total. The summed E-state index contributed by atoms with van der Waals surface area (Å²) in [6, 6.07) is 4.31. The molecular weight excluding hydrogens is 214 g/mol. The van der Waals surface area contributed by atoms with Gasteiger partial charge in [0, 0.05) is 12.1 Å². The molecule has 16 heavy (non-hydrogen) atoms. The second-order valence-electron chi connectivity index (χ2n) is 3.20. The summed E-state index contributed by atoms with van der Waals surface area (Å²) in [5.41, 5.74) is 0.464. The minimum atomic E-state index is -0.473. The minimum absolute atomic E-state index is 0.0225. The van der Waals surface area contributed by atoms with Crippen LogP contribution in [0.4, 0.5) is 5.69 Å². The number of non-ortho nitro benzene ring substituents is 1. The monoisotopic (exact) mass is 219 g/mol. The molecular formula is C8H5N5O3. The molecule has 0 saturated heterocycles. The summed E-state index contributed by atoms with van der Waals surface area (Å²) in [6.07, 6.45) is 0. The first-order valence-electron chi connectivity index (χ1n) is 4.44. The van der Waals surface area contributed by atoms with Gasteiger partial charge in [-0.2, -0.15) is 4.68 Å². The van der Waals surface area contributed by atoms with Crippen molar-refractivity contribution in [3.05, 3.63) is 34.1 Å². The number of tetrazole rings is 1. The van der Waals surface area contributed by atoms with Crippen LogP contribution in [0.5, 0.6) is 5.75 Å². The van der Waals surface area contributed by atoms with Crippen LogP contribution in [0.15, 0.2) is 18.2 Å². The van der Waals surface area contributed by atoms with Crippen LogP contribution < -0.4 is 4.74 Å². The highest BCUT2D eigenvalue weighted by Crippen LogP contribution is 2.30. The molecule has 0 saturated carbocycles. The molecule has 1 aromatic carbocycles. The zero-order valence-electron chi connectivity index (χ0n) is 7.90. The number of nitrogens with zero attached hydrogens (tertiary/aromatic N) is 5. The van der Waals surface area contributed by atoms with Gasteiger partial charge in [-0.05, 0) is 16.5 Å². The van der Waals surface area contributed by atoms with Gasteiger partial charge in [0.05, 0.1) is 4.92 Å². The third-order valence-electron chi connectivity index (χ3n) is 2.27. The Morgan fingerprint density at radius 1 is 1.50 bits per heavy atom. The van der Waals surface area contributed by atoms with Gasteiger partial charge >= 0.3 is 0 Å². The van der Waals surface area contributed by atoms with E-state index >= 15 is 0 Å². The summed E-state index contributed by atoms with van der Waals surface area (Å²) in [6.45, 7) is 0.262. The van der Waals surface area contributed by atoms with Crippen LogP contribution in [0.1, 0.15) is 5.82 Å². The second-order valence-corrected chi connectivity index (χ2v) is 3.20. The van der Waals surface area contributed by atoms with Crippen LogP contribution in [0.2, 0.25) is 0 Å². The average Bonchev–Trinajstić information content (AvgIpc) is 2.76. The van der Waals surface area contributed by atoms with E-state index in [-0.39, 0.29) is 12.3 Å². The molecule has 2 heterocycles. The molecule has 1 aromatic heterocycles. The van der Waals surface area contributed by atoms with Crippen LogP contribution in [0.3, 0.4) is 0 Å². The lowest BCUT2D eigenvalue weighted by atomic mass is 10.2. The fraction of sp³-hybridized carbons (Fsp3) is 0.125. The van der Waals surface area contributed by atoms with Crippen molar-refractivity contribution in [3.8, 4) is 11.4 Å². The quantitative estimate of drug-likeness (QED) is 0.510. The van der Waals surface area contributed by atoms with Crippen molar-refractivity contribution < 1.29 is 9.66 Å². The van der Waals surface area contributed by atoms with E-state index in [0.29, 0.717) is 17.3 Å². The van der Waals surface area contributed by atoms with Gasteiger partial charge in [-0.3, -0.25) is 10.1 Å². The molecule has 0 amide bonds. The van der Waals surface area contributed by atoms with Crippen molar-refractivity contribution in [2.75, 3.05) is 0 Å². The Kier molecular flexibility index (Phi) is 1.64. The lowest BCUT2D eigenvalue weighted by Crippen LogP contribution is -2.14. The van der Waals surface area contributed by atoms with E-state index in [2.05, 4.69) is 15.5 Å². The summed E-state index contributed by atoms with van der Waals surface area (Å²) in [5, 5.41) is 21.6. The van der Waals surface area contributed by atoms with Gasteiger partial charge in [0.15, 0.2) is 5.82 Å². The lowest BCUT2D eigenvalue weighted by molar-refractivity contribution is -0.384. The first kappa shape index (κ1) is 8.77. The SMILES string of the molecule is O=[N+]([O-])c1ccc2c(c1)-n1nnnc1CO2. The largest absolute Gasteiger partial charge is 0.483 e. The summed E-state index contributed by atoms with van der Waals surface area (Å²) in [5.74, 6) is 1.05.